The molecule has 1 fully saturated rings. The van der Waals surface area contributed by atoms with E-state index in [4.69, 9.17) is 14.2 Å². The van der Waals surface area contributed by atoms with Gasteiger partial charge in [0.2, 0.25) is 0 Å². The molecule has 2 aliphatic heterocycles. The Kier molecular flexibility index (Phi) is 8.36. The molecule has 0 radical (unpaired) electrons. The number of ether oxygens (including phenoxy) is 3. The van der Waals surface area contributed by atoms with Crippen LogP contribution in [0.25, 0.3) is 10.8 Å². The molecular weight excluding hydrogens is 566 g/mol. The number of amides is 2. The molecule has 4 aromatic carbocycles. The van der Waals surface area contributed by atoms with E-state index in [1.807, 2.05) is 99.6 Å². The topological polar surface area (TPSA) is 92.1 Å². The van der Waals surface area contributed by atoms with E-state index in [1.54, 1.807) is 9.80 Å². The van der Waals surface area contributed by atoms with Crippen molar-refractivity contribution in [3.05, 3.63) is 107 Å². The maximum absolute atomic E-state index is 13.7. The lowest BCUT2D eigenvalue weighted by atomic mass is 9.98. The van der Waals surface area contributed by atoms with Gasteiger partial charge < -0.3 is 19.1 Å². The third-order valence-electron chi connectivity index (χ3n) is 8.21. The van der Waals surface area contributed by atoms with Crippen LogP contribution in [0.1, 0.15) is 61.9 Å². The Balaban J connectivity index is 1.21. The highest BCUT2D eigenvalue weighted by Crippen LogP contribution is 2.43. The molecule has 2 amide bonds. The average Bonchev–Trinajstić information content (AvgIpc) is 3.42. The summed E-state index contributed by atoms with van der Waals surface area (Å²) in [5, 5.41) is 11.4. The second kappa shape index (κ2) is 12.5. The standard InChI is InChI=1S/C37H37N3O5/c1-37(2,3)45-35(41)39-17-15-31(16-18-39)44-32-13-14-33-30(21-32)22-34(40(33)36(42)43-24-25-7-5-4-6-8-25)28-12-11-27-10-9-26(23-38)19-29(27)20-28/h4-14,19-21,31,34H,15-18,22,24H2,1-3H3. The summed E-state index contributed by atoms with van der Waals surface area (Å²) in [6, 6.07) is 29.2. The molecule has 2 aliphatic rings. The zero-order valence-corrected chi connectivity index (χ0v) is 25.9. The summed E-state index contributed by atoms with van der Waals surface area (Å²) in [7, 11) is 0. The van der Waals surface area contributed by atoms with Crippen LogP contribution in [0.2, 0.25) is 0 Å². The van der Waals surface area contributed by atoms with Crippen molar-refractivity contribution >= 4 is 28.6 Å². The monoisotopic (exact) mass is 603 g/mol. The van der Waals surface area contributed by atoms with Crippen LogP contribution in [-0.2, 0) is 22.5 Å². The molecule has 0 N–H and O–H groups in total. The zero-order chi connectivity index (χ0) is 31.6. The van der Waals surface area contributed by atoms with Crippen molar-refractivity contribution in [2.45, 2.75) is 64.4 Å². The van der Waals surface area contributed by atoms with E-state index in [1.165, 1.54) is 0 Å². The largest absolute Gasteiger partial charge is 0.490 e. The van der Waals surface area contributed by atoms with E-state index in [2.05, 4.69) is 12.1 Å². The number of rotatable bonds is 5. The quantitative estimate of drug-likeness (QED) is 0.230. The summed E-state index contributed by atoms with van der Waals surface area (Å²) in [5.41, 5.74) is 3.72. The number of benzene rings is 4. The van der Waals surface area contributed by atoms with Crippen LogP contribution in [-0.4, -0.2) is 41.9 Å². The van der Waals surface area contributed by atoms with Gasteiger partial charge in [0.25, 0.3) is 0 Å². The van der Waals surface area contributed by atoms with E-state index < -0.39 is 11.7 Å². The fourth-order valence-electron chi connectivity index (χ4n) is 6.00. The van der Waals surface area contributed by atoms with Gasteiger partial charge in [-0.2, -0.15) is 5.26 Å². The minimum atomic E-state index is -0.527. The Hall–Kier alpha value is -5.03. The number of likely N-dealkylation sites (tertiary alicyclic amines) is 1. The highest BCUT2D eigenvalue weighted by Gasteiger charge is 2.37. The van der Waals surface area contributed by atoms with Gasteiger partial charge in [-0.25, -0.2) is 9.59 Å². The average molecular weight is 604 g/mol. The molecule has 0 bridgehead atoms. The highest BCUT2D eigenvalue weighted by atomic mass is 16.6. The molecule has 0 spiro atoms. The van der Waals surface area contributed by atoms with Gasteiger partial charge in [0, 0.05) is 25.9 Å². The first-order valence-electron chi connectivity index (χ1n) is 15.4. The van der Waals surface area contributed by atoms with E-state index >= 15 is 0 Å². The SMILES string of the molecule is CC(C)(C)OC(=O)N1CCC(Oc2ccc3c(c2)CC(c2ccc4ccc(C#N)cc4c2)N3C(=O)OCc2ccccc2)CC1. The Bertz CT molecular complexity index is 1750. The van der Waals surface area contributed by atoms with Crippen LogP contribution in [0.5, 0.6) is 5.75 Å². The van der Waals surface area contributed by atoms with Gasteiger partial charge in [0.1, 0.15) is 24.1 Å². The van der Waals surface area contributed by atoms with Crippen LogP contribution >= 0.6 is 0 Å². The first-order chi connectivity index (χ1) is 21.7. The van der Waals surface area contributed by atoms with Gasteiger partial charge in [-0.15, -0.1) is 0 Å². The molecule has 8 nitrogen and oxygen atoms in total. The summed E-state index contributed by atoms with van der Waals surface area (Å²) >= 11 is 0. The van der Waals surface area contributed by atoms with Gasteiger partial charge in [-0.05, 0) is 91.1 Å². The van der Waals surface area contributed by atoms with Crippen LogP contribution in [0, 0.1) is 11.3 Å². The minimum Gasteiger partial charge on any atom is -0.490 e. The van der Waals surface area contributed by atoms with Crippen molar-refractivity contribution < 1.29 is 23.8 Å². The Morgan fingerprint density at radius 3 is 2.38 bits per heavy atom. The zero-order valence-electron chi connectivity index (χ0n) is 25.9. The molecule has 0 aliphatic carbocycles. The number of fused-ring (bicyclic) bond motifs is 2. The molecule has 1 unspecified atom stereocenters. The molecule has 2 heterocycles. The summed E-state index contributed by atoms with van der Waals surface area (Å²) < 4.78 is 17.7. The minimum absolute atomic E-state index is 0.0271. The molecule has 1 atom stereocenters. The molecule has 8 heteroatoms. The first-order valence-corrected chi connectivity index (χ1v) is 15.4. The third-order valence-corrected chi connectivity index (χ3v) is 8.21. The Morgan fingerprint density at radius 1 is 0.889 bits per heavy atom. The Labute approximate surface area is 263 Å². The number of carbonyl (C=O) groups is 2. The van der Waals surface area contributed by atoms with E-state index in [0.717, 1.165) is 38.9 Å². The second-order valence-electron chi connectivity index (χ2n) is 12.6. The van der Waals surface area contributed by atoms with Crippen LogP contribution < -0.4 is 9.64 Å². The molecule has 4 aromatic rings. The van der Waals surface area contributed by atoms with Gasteiger partial charge in [0.05, 0.1) is 23.4 Å². The van der Waals surface area contributed by atoms with E-state index in [9.17, 15) is 14.9 Å². The maximum atomic E-state index is 13.7. The summed E-state index contributed by atoms with van der Waals surface area (Å²) in [6.07, 6.45) is 1.27. The highest BCUT2D eigenvalue weighted by molar-refractivity contribution is 5.92. The van der Waals surface area contributed by atoms with Crippen LogP contribution in [0.4, 0.5) is 15.3 Å². The molecular formula is C37H37N3O5. The number of hydrogen-bond acceptors (Lipinski definition) is 6. The molecule has 45 heavy (non-hydrogen) atoms. The number of anilines is 1. The van der Waals surface area contributed by atoms with Crippen molar-refractivity contribution in [2.75, 3.05) is 18.0 Å². The molecule has 6 rings (SSSR count). The number of nitriles is 1. The number of piperidine rings is 1. The normalized spacial score (nSPS) is 16.6. The van der Waals surface area contributed by atoms with Crippen molar-refractivity contribution in [3.63, 3.8) is 0 Å². The molecule has 1 saturated heterocycles. The van der Waals surface area contributed by atoms with Crippen molar-refractivity contribution in [1.29, 1.82) is 5.26 Å². The summed E-state index contributed by atoms with van der Waals surface area (Å²) in [6.45, 7) is 6.92. The molecule has 0 saturated carbocycles. The fraction of sp³-hybridized carbons (Fsp3) is 0.324. The molecule has 0 aromatic heterocycles. The maximum Gasteiger partial charge on any atom is 0.415 e. The Morgan fingerprint density at radius 2 is 1.64 bits per heavy atom. The van der Waals surface area contributed by atoms with Gasteiger partial charge >= 0.3 is 12.2 Å². The fourth-order valence-corrected chi connectivity index (χ4v) is 6.00. The smallest absolute Gasteiger partial charge is 0.415 e. The van der Waals surface area contributed by atoms with E-state index in [-0.39, 0.29) is 24.8 Å². The second-order valence-corrected chi connectivity index (χ2v) is 12.6. The van der Waals surface area contributed by atoms with Crippen molar-refractivity contribution in [1.82, 2.24) is 4.90 Å². The molecule has 230 valence electrons. The van der Waals surface area contributed by atoms with Gasteiger partial charge in [-0.3, -0.25) is 4.90 Å². The lowest BCUT2D eigenvalue weighted by Crippen LogP contribution is -2.44. The van der Waals surface area contributed by atoms with E-state index in [0.29, 0.717) is 37.9 Å². The lowest BCUT2D eigenvalue weighted by molar-refractivity contribution is 0.0126. The van der Waals surface area contributed by atoms with Crippen LogP contribution in [0.15, 0.2) is 84.9 Å². The predicted molar refractivity (Wildman–Crippen MR) is 172 cm³/mol. The number of carbonyl (C=O) groups excluding carboxylic acids is 2. The van der Waals surface area contributed by atoms with Gasteiger partial charge in [0.15, 0.2) is 0 Å². The van der Waals surface area contributed by atoms with Crippen LogP contribution in [0.3, 0.4) is 0 Å². The van der Waals surface area contributed by atoms with Crippen molar-refractivity contribution in [3.8, 4) is 11.8 Å². The lowest BCUT2D eigenvalue weighted by Gasteiger charge is -2.33. The number of hydrogen-bond donors (Lipinski definition) is 0. The van der Waals surface area contributed by atoms with Gasteiger partial charge in [-0.1, -0.05) is 48.5 Å². The number of nitrogens with zero attached hydrogens (tertiary/aromatic N) is 3. The van der Waals surface area contributed by atoms with Crippen molar-refractivity contribution in [2.24, 2.45) is 0 Å². The first kappa shape index (κ1) is 30.0. The third kappa shape index (κ3) is 6.88. The summed E-state index contributed by atoms with van der Waals surface area (Å²) in [4.78, 5) is 29.6. The predicted octanol–water partition coefficient (Wildman–Crippen LogP) is 7.93. The summed E-state index contributed by atoms with van der Waals surface area (Å²) in [5.74, 6) is 0.736.